The minimum atomic E-state index is -1.22. The molecule has 0 saturated heterocycles. The van der Waals surface area contributed by atoms with Gasteiger partial charge in [0.1, 0.15) is 61.0 Å². The Kier molecular flexibility index (Phi) is 62.4. The fraction of sp³-hybridized carbons (Fsp3) is 0.719. The molecule has 10 atom stereocenters. The molecule has 0 saturated carbocycles. The van der Waals surface area contributed by atoms with Crippen LogP contribution in [0.3, 0.4) is 0 Å². The summed E-state index contributed by atoms with van der Waals surface area (Å²) < 4.78 is 0. The fourth-order valence-electron chi connectivity index (χ4n) is 1.22. The van der Waals surface area contributed by atoms with Crippen molar-refractivity contribution in [3.8, 4) is 0 Å². The molecule has 0 unspecified atom stereocenters. The number of aliphatic hydroxyl groups is 20. The van der Waals surface area contributed by atoms with Crippen molar-refractivity contribution in [2.45, 2.75) is 81.8 Å². The number of hydrogen-bond acceptors (Lipinski definition) is 23. The van der Waals surface area contributed by atoms with Crippen molar-refractivity contribution < 1.29 is 132 Å². The molecule has 0 aromatic heterocycles. The van der Waals surface area contributed by atoms with Crippen LogP contribution in [0.4, 0.5) is 0 Å². The normalized spacial score (nSPS) is 14.7. The van der Waals surface area contributed by atoms with Gasteiger partial charge < -0.3 is 117 Å². The highest BCUT2D eigenvalue weighted by Crippen LogP contribution is 1.91. The largest absolute Gasteiger partial charge is 0.478 e. The third-order valence-electron chi connectivity index (χ3n) is 5.19. The molecule has 0 aromatic rings. The fourth-order valence-corrected chi connectivity index (χ4v) is 1.22. The maximum Gasteiger partial charge on any atom is 0.330 e. The van der Waals surface area contributed by atoms with E-state index in [0.717, 1.165) is 0 Å². The van der Waals surface area contributed by atoms with Crippen LogP contribution in [0.15, 0.2) is 36.5 Å². The number of aliphatic carboxylic acids is 3. The van der Waals surface area contributed by atoms with E-state index < -0.39 is 145 Å². The van der Waals surface area contributed by atoms with Crippen LogP contribution in [-0.2, 0) is 14.4 Å². The lowest BCUT2D eigenvalue weighted by atomic mass is 10.2. The van der Waals surface area contributed by atoms with Crippen molar-refractivity contribution in [1.29, 1.82) is 0 Å². The Morgan fingerprint density at radius 1 is 0.293 bits per heavy atom. The molecule has 0 fully saturated rings. The summed E-state index contributed by atoms with van der Waals surface area (Å²) in [6.45, 7) is 8.54. The molecule has 0 rings (SSSR count). The molecule has 26 nitrogen and oxygen atoms in total. The lowest BCUT2D eigenvalue weighted by molar-refractivity contribution is -0.133. The van der Waals surface area contributed by atoms with Gasteiger partial charge in [-0.25, -0.2) is 14.4 Å². The van der Waals surface area contributed by atoms with Crippen LogP contribution >= 0.6 is 0 Å². The molecule has 23 N–H and O–H groups in total. The highest BCUT2D eigenvalue weighted by molar-refractivity contribution is 5.85. The average molecular weight is 869 g/mol. The highest BCUT2D eigenvalue weighted by Gasteiger charge is 2.14. The molecule has 0 spiro atoms. The first kappa shape index (κ1) is 72.4. The van der Waals surface area contributed by atoms with Crippen LogP contribution < -0.4 is 0 Å². The summed E-state index contributed by atoms with van der Waals surface area (Å²) in [5.41, 5.74) is 0.528. The van der Waals surface area contributed by atoms with E-state index in [1.807, 2.05) is 0 Å². The van der Waals surface area contributed by atoms with E-state index in [1.54, 1.807) is 0 Å². The van der Waals surface area contributed by atoms with Gasteiger partial charge in [0.05, 0.1) is 66.1 Å². The van der Waals surface area contributed by atoms with Gasteiger partial charge in [0.2, 0.25) is 0 Å². The van der Waals surface area contributed by atoms with Gasteiger partial charge in [-0.1, -0.05) is 19.7 Å². The van der Waals surface area contributed by atoms with Crippen molar-refractivity contribution >= 4 is 17.9 Å². The molecule has 0 aliphatic heterocycles. The van der Waals surface area contributed by atoms with Gasteiger partial charge in [0.25, 0.3) is 0 Å². The Morgan fingerprint density at radius 2 is 0.345 bits per heavy atom. The molecule has 0 aliphatic carbocycles. The lowest BCUT2D eigenvalue weighted by Gasteiger charge is -2.10. The minimum Gasteiger partial charge on any atom is -0.478 e. The van der Waals surface area contributed by atoms with Crippen molar-refractivity contribution in [2.24, 2.45) is 0 Å². The third kappa shape index (κ3) is 59.5. The Labute approximate surface area is 334 Å². The maximum atomic E-state index is 9.60. The predicted octanol–water partition coefficient (Wildman–Crippen LogP) is -9.59. The van der Waals surface area contributed by atoms with Crippen molar-refractivity contribution in [3.05, 3.63) is 36.5 Å². The van der Waals surface area contributed by atoms with Crippen LogP contribution in [0.1, 0.15) is 20.8 Å². The van der Waals surface area contributed by atoms with Gasteiger partial charge >= 0.3 is 17.9 Å². The SMILES string of the molecule is C=C(C)C(=O)O.C=C(C)C(=O)O.C=C(C)C(=O)O.OC[C@@H](O)[C@@H](O)CO.OC[C@@H](O)[C@@H](O)CO.OC[C@@H](O)[C@@H](O)CO.OC[C@@H](O)[C@@H](O)CO.OC[C@@H](O)[C@@H](O)CO. The zero-order chi connectivity index (χ0) is 48.3. The maximum absolute atomic E-state index is 9.60. The Hall–Kier alpha value is -3.17. The second-order valence-electron chi connectivity index (χ2n) is 10.8. The zero-order valence-electron chi connectivity index (χ0n) is 32.5. The quantitative estimate of drug-likeness (QED) is 0.0569. The Morgan fingerprint density at radius 3 is 0.362 bits per heavy atom. The van der Waals surface area contributed by atoms with E-state index in [2.05, 4.69) is 19.7 Å². The van der Waals surface area contributed by atoms with E-state index in [1.165, 1.54) is 20.8 Å². The Balaban J connectivity index is -0.0000000824. The number of aliphatic hydroxyl groups excluding tert-OH is 20. The first-order valence-electron chi connectivity index (χ1n) is 16.1. The standard InChI is InChI=1S/5C4H10O4.3C4H6O2/c5*5-1-3(7)4(8)2-6;3*1-3(2)4(5)6/h5*3-8H,1-2H2;3*1H2,2H3,(H,5,6)/t5*3-,4+;;;. The summed E-state index contributed by atoms with van der Waals surface area (Å²) >= 11 is 0. The summed E-state index contributed by atoms with van der Waals surface area (Å²) in [4.78, 5) is 28.8. The van der Waals surface area contributed by atoms with Crippen molar-refractivity contribution in [2.75, 3.05) is 66.1 Å². The summed E-state index contributed by atoms with van der Waals surface area (Å²) in [6, 6.07) is 0. The van der Waals surface area contributed by atoms with Crippen LogP contribution in [-0.4, -0.2) is 262 Å². The lowest BCUT2D eigenvalue weighted by Crippen LogP contribution is -2.31. The number of rotatable bonds is 18. The first-order valence-corrected chi connectivity index (χ1v) is 16.1. The van der Waals surface area contributed by atoms with Crippen LogP contribution in [0.25, 0.3) is 0 Å². The summed E-state index contributed by atoms with van der Waals surface area (Å²) in [7, 11) is 0. The van der Waals surface area contributed by atoms with Crippen LogP contribution in [0, 0.1) is 0 Å². The topological polar surface area (TPSA) is 517 Å². The molecule has 0 bridgehead atoms. The molecule has 0 radical (unpaired) electrons. The van der Waals surface area contributed by atoms with Crippen LogP contribution in [0.5, 0.6) is 0 Å². The first-order chi connectivity index (χ1) is 26.5. The third-order valence-corrected chi connectivity index (χ3v) is 5.19. The molecular weight excluding hydrogens is 800 g/mol. The molecule has 0 aliphatic rings. The highest BCUT2D eigenvalue weighted by atomic mass is 16.4. The molecule has 0 amide bonds. The van der Waals surface area contributed by atoms with Gasteiger partial charge in [-0.05, 0) is 20.8 Å². The number of carboxylic acid groups (broad SMARTS) is 3. The summed E-state index contributed by atoms with van der Waals surface area (Å²) in [5, 5.41) is 189. The molecule has 26 heteroatoms. The summed E-state index contributed by atoms with van der Waals surface area (Å²) in [6.07, 6.45) is -12.2. The van der Waals surface area contributed by atoms with Crippen LogP contribution in [0.2, 0.25) is 0 Å². The molecule has 0 aromatic carbocycles. The van der Waals surface area contributed by atoms with E-state index in [9.17, 15) is 14.4 Å². The molecular formula is C32H68O26. The Bertz CT molecular complexity index is 757. The smallest absolute Gasteiger partial charge is 0.330 e. The molecule has 0 heterocycles. The zero-order valence-corrected chi connectivity index (χ0v) is 32.5. The predicted molar refractivity (Wildman–Crippen MR) is 198 cm³/mol. The van der Waals surface area contributed by atoms with Gasteiger partial charge in [-0.2, -0.15) is 0 Å². The monoisotopic (exact) mass is 868 g/mol. The van der Waals surface area contributed by atoms with E-state index in [-0.39, 0.29) is 16.7 Å². The second-order valence-corrected chi connectivity index (χ2v) is 10.8. The minimum absolute atomic E-state index is 0.176. The van der Waals surface area contributed by atoms with Gasteiger partial charge in [-0.3, -0.25) is 0 Å². The van der Waals surface area contributed by atoms with E-state index in [0.29, 0.717) is 0 Å². The van der Waals surface area contributed by atoms with E-state index in [4.69, 9.17) is 117 Å². The molecule has 352 valence electrons. The van der Waals surface area contributed by atoms with Gasteiger partial charge in [0.15, 0.2) is 0 Å². The molecule has 58 heavy (non-hydrogen) atoms. The number of carboxylic acids is 3. The van der Waals surface area contributed by atoms with E-state index >= 15 is 0 Å². The number of carbonyl (C=O) groups is 3. The second kappa shape index (κ2) is 50.0. The summed E-state index contributed by atoms with van der Waals surface area (Å²) in [5.74, 6) is -2.81. The number of hydrogen-bond donors (Lipinski definition) is 23. The van der Waals surface area contributed by atoms with Crippen molar-refractivity contribution in [3.63, 3.8) is 0 Å². The van der Waals surface area contributed by atoms with Gasteiger partial charge in [0, 0.05) is 16.7 Å². The average Bonchev–Trinajstić information content (AvgIpc) is 3.21. The van der Waals surface area contributed by atoms with Crippen molar-refractivity contribution in [1.82, 2.24) is 0 Å². The van der Waals surface area contributed by atoms with Gasteiger partial charge in [-0.15, -0.1) is 0 Å².